The van der Waals surface area contributed by atoms with Gasteiger partial charge in [0, 0.05) is 12.0 Å². The predicted molar refractivity (Wildman–Crippen MR) is 101 cm³/mol. The third-order valence-corrected chi connectivity index (χ3v) is 5.59. The van der Waals surface area contributed by atoms with Gasteiger partial charge in [0.1, 0.15) is 42.0 Å². The lowest BCUT2D eigenvalue weighted by Crippen LogP contribution is -2.51. The first kappa shape index (κ1) is 17.0. The number of fused-ring (bicyclic) bond motifs is 3. The second kappa shape index (κ2) is 6.19. The lowest BCUT2D eigenvalue weighted by molar-refractivity contribution is -0.0147. The molecule has 0 amide bonds. The van der Waals surface area contributed by atoms with Crippen LogP contribution < -0.4 is 18.9 Å². The Balaban J connectivity index is 1.55. The quantitative estimate of drug-likeness (QED) is 0.793. The Labute approximate surface area is 162 Å². The highest BCUT2D eigenvalue weighted by Gasteiger charge is 2.50. The fourth-order valence-corrected chi connectivity index (χ4v) is 3.98. The summed E-state index contributed by atoms with van der Waals surface area (Å²) < 4.78 is 28.8. The number of ketones is 1. The summed E-state index contributed by atoms with van der Waals surface area (Å²) in [6.07, 6.45) is 1.25. The number of hydrogen-bond acceptors (Lipinski definition) is 6. The molecule has 0 aliphatic carbocycles. The highest BCUT2D eigenvalue weighted by Crippen LogP contribution is 2.47. The third kappa shape index (κ3) is 2.44. The summed E-state index contributed by atoms with van der Waals surface area (Å²) in [6, 6.07) is 10.9. The number of rotatable bonds is 2. The van der Waals surface area contributed by atoms with E-state index in [9.17, 15) is 4.79 Å². The Morgan fingerprint density at radius 2 is 1.61 bits per heavy atom. The van der Waals surface area contributed by atoms with Crippen LogP contribution in [-0.2, 0) is 4.74 Å². The molecule has 2 aromatic rings. The van der Waals surface area contributed by atoms with Crippen molar-refractivity contribution in [2.45, 2.75) is 18.4 Å². The van der Waals surface area contributed by atoms with E-state index in [2.05, 4.69) is 0 Å². The van der Waals surface area contributed by atoms with Gasteiger partial charge in [0.15, 0.2) is 0 Å². The minimum Gasteiger partial charge on any atom is -0.497 e. The Morgan fingerprint density at radius 3 is 2.32 bits per heavy atom. The first-order valence-corrected chi connectivity index (χ1v) is 9.21. The molecule has 144 valence electrons. The SMILES string of the molecule is COc1ccc2c(c1)C(=O)C1(CCC3=C(O1)c1cc(OC)ccc1OC3)CO2. The van der Waals surface area contributed by atoms with E-state index in [1.807, 2.05) is 18.2 Å². The molecule has 0 saturated heterocycles. The van der Waals surface area contributed by atoms with Crippen LogP contribution in [0.25, 0.3) is 5.76 Å². The van der Waals surface area contributed by atoms with E-state index in [1.165, 1.54) is 0 Å². The molecular formula is C22H20O6. The largest absolute Gasteiger partial charge is 0.497 e. The normalized spacial score (nSPS) is 22.3. The summed E-state index contributed by atoms with van der Waals surface area (Å²) in [5, 5.41) is 0. The molecule has 2 aromatic carbocycles. The molecule has 5 rings (SSSR count). The summed E-state index contributed by atoms with van der Waals surface area (Å²) >= 11 is 0. The van der Waals surface area contributed by atoms with E-state index in [0.717, 1.165) is 16.9 Å². The fourth-order valence-electron chi connectivity index (χ4n) is 3.98. The van der Waals surface area contributed by atoms with Gasteiger partial charge in [-0.3, -0.25) is 4.79 Å². The molecule has 0 saturated carbocycles. The van der Waals surface area contributed by atoms with Gasteiger partial charge in [0.05, 0.1) is 25.3 Å². The van der Waals surface area contributed by atoms with E-state index in [-0.39, 0.29) is 12.4 Å². The summed E-state index contributed by atoms with van der Waals surface area (Å²) in [4.78, 5) is 13.4. The summed E-state index contributed by atoms with van der Waals surface area (Å²) in [7, 11) is 3.19. The predicted octanol–water partition coefficient (Wildman–Crippen LogP) is 3.63. The van der Waals surface area contributed by atoms with Crippen molar-refractivity contribution >= 4 is 11.5 Å². The zero-order chi connectivity index (χ0) is 19.3. The smallest absolute Gasteiger partial charge is 0.213 e. The number of Topliss-reactive ketones (excluding diaryl/α,β-unsaturated/α-hetero) is 1. The van der Waals surface area contributed by atoms with Crippen molar-refractivity contribution in [3.8, 4) is 23.0 Å². The third-order valence-electron chi connectivity index (χ3n) is 5.59. The van der Waals surface area contributed by atoms with Crippen LogP contribution in [-0.4, -0.2) is 38.8 Å². The molecule has 0 bridgehead atoms. The van der Waals surface area contributed by atoms with Crippen molar-refractivity contribution in [1.29, 1.82) is 0 Å². The van der Waals surface area contributed by atoms with Crippen LogP contribution in [0.1, 0.15) is 28.8 Å². The Bertz CT molecular complexity index is 1010. The lowest BCUT2D eigenvalue weighted by Gasteiger charge is -2.42. The van der Waals surface area contributed by atoms with Gasteiger partial charge in [0.25, 0.3) is 0 Å². The van der Waals surface area contributed by atoms with Crippen molar-refractivity contribution in [3.63, 3.8) is 0 Å². The average molecular weight is 380 g/mol. The zero-order valence-electron chi connectivity index (χ0n) is 15.7. The Morgan fingerprint density at radius 1 is 0.929 bits per heavy atom. The highest BCUT2D eigenvalue weighted by molar-refractivity contribution is 6.06. The molecule has 6 heteroatoms. The van der Waals surface area contributed by atoms with Gasteiger partial charge in [-0.25, -0.2) is 0 Å². The average Bonchev–Trinajstić information content (AvgIpc) is 2.76. The van der Waals surface area contributed by atoms with Crippen LogP contribution in [0.15, 0.2) is 42.0 Å². The maximum absolute atomic E-state index is 13.4. The Kier molecular flexibility index (Phi) is 3.75. The summed E-state index contributed by atoms with van der Waals surface area (Å²) in [5.41, 5.74) is 1.31. The van der Waals surface area contributed by atoms with Crippen molar-refractivity contribution < 1.29 is 28.5 Å². The van der Waals surface area contributed by atoms with Gasteiger partial charge >= 0.3 is 0 Å². The monoisotopic (exact) mass is 380 g/mol. The van der Waals surface area contributed by atoms with E-state index >= 15 is 0 Å². The molecular weight excluding hydrogens is 360 g/mol. The highest BCUT2D eigenvalue weighted by atomic mass is 16.6. The molecule has 3 aliphatic rings. The van der Waals surface area contributed by atoms with E-state index in [1.54, 1.807) is 32.4 Å². The number of methoxy groups -OCH3 is 2. The molecule has 0 N–H and O–H groups in total. The van der Waals surface area contributed by atoms with Gasteiger partial charge in [-0.1, -0.05) is 0 Å². The minimum absolute atomic E-state index is 0.0739. The topological polar surface area (TPSA) is 63.2 Å². The zero-order valence-corrected chi connectivity index (χ0v) is 15.7. The van der Waals surface area contributed by atoms with Gasteiger partial charge in [-0.2, -0.15) is 0 Å². The van der Waals surface area contributed by atoms with E-state index in [0.29, 0.717) is 48.0 Å². The van der Waals surface area contributed by atoms with Gasteiger partial charge in [-0.05, 0) is 42.8 Å². The number of hydrogen-bond donors (Lipinski definition) is 0. The molecule has 6 nitrogen and oxygen atoms in total. The van der Waals surface area contributed by atoms with Gasteiger partial charge in [-0.15, -0.1) is 0 Å². The minimum atomic E-state index is -1.05. The number of carbonyl (C=O) groups excluding carboxylic acids is 1. The summed E-state index contributed by atoms with van der Waals surface area (Å²) in [5.74, 6) is 3.24. The molecule has 1 atom stereocenters. The maximum atomic E-state index is 13.4. The number of benzene rings is 2. The molecule has 0 radical (unpaired) electrons. The second-order valence-electron chi connectivity index (χ2n) is 7.16. The lowest BCUT2D eigenvalue weighted by atomic mass is 9.82. The Hall–Kier alpha value is -3.15. The van der Waals surface area contributed by atoms with Crippen molar-refractivity contribution in [2.75, 3.05) is 27.4 Å². The molecule has 1 spiro atoms. The number of carbonyl (C=O) groups is 1. The molecule has 1 unspecified atom stereocenters. The molecule has 0 aromatic heterocycles. The van der Waals surface area contributed by atoms with Gasteiger partial charge < -0.3 is 23.7 Å². The molecule has 3 aliphatic heterocycles. The fraction of sp³-hybridized carbons (Fsp3) is 0.318. The van der Waals surface area contributed by atoms with Crippen LogP contribution in [0, 0.1) is 0 Å². The van der Waals surface area contributed by atoms with Crippen LogP contribution >= 0.6 is 0 Å². The number of ether oxygens (including phenoxy) is 5. The maximum Gasteiger partial charge on any atom is 0.213 e. The van der Waals surface area contributed by atoms with Crippen molar-refractivity contribution in [1.82, 2.24) is 0 Å². The van der Waals surface area contributed by atoms with Crippen LogP contribution in [0.3, 0.4) is 0 Å². The van der Waals surface area contributed by atoms with Crippen LogP contribution in [0.2, 0.25) is 0 Å². The standard InChI is InChI=1S/C22H20O6/c1-24-14-3-5-18-16(9-14)20-13(11-26-18)7-8-22(28-20)12-27-19-6-4-15(25-2)10-17(19)21(22)23/h3-6,9-10H,7-8,11-12H2,1-2H3. The molecule has 28 heavy (non-hydrogen) atoms. The molecule has 3 heterocycles. The van der Waals surface area contributed by atoms with Crippen molar-refractivity contribution in [3.05, 3.63) is 53.1 Å². The second-order valence-corrected chi connectivity index (χ2v) is 7.16. The van der Waals surface area contributed by atoms with E-state index < -0.39 is 5.60 Å². The molecule has 0 fully saturated rings. The van der Waals surface area contributed by atoms with Crippen LogP contribution in [0.4, 0.5) is 0 Å². The first-order chi connectivity index (χ1) is 13.6. The first-order valence-electron chi connectivity index (χ1n) is 9.21. The van der Waals surface area contributed by atoms with Crippen molar-refractivity contribution in [2.24, 2.45) is 0 Å². The van der Waals surface area contributed by atoms with Gasteiger partial charge in [0.2, 0.25) is 11.4 Å². The summed E-state index contributed by atoms with van der Waals surface area (Å²) in [6.45, 7) is 0.645. The van der Waals surface area contributed by atoms with E-state index in [4.69, 9.17) is 23.7 Å². The van der Waals surface area contributed by atoms with Crippen LogP contribution in [0.5, 0.6) is 23.0 Å².